The van der Waals surface area contributed by atoms with Crippen molar-refractivity contribution < 1.29 is 4.79 Å². The first-order valence-electron chi connectivity index (χ1n) is 5.62. The fourth-order valence-corrected chi connectivity index (χ4v) is 1.67. The summed E-state index contributed by atoms with van der Waals surface area (Å²) in [6.45, 7) is 5.99. The van der Waals surface area contributed by atoms with Gasteiger partial charge in [-0.05, 0) is 25.3 Å². The Labute approximate surface area is 97.0 Å². The van der Waals surface area contributed by atoms with E-state index in [-0.39, 0.29) is 18.0 Å². The van der Waals surface area contributed by atoms with Crippen LogP contribution < -0.4 is 11.1 Å². The molecule has 1 aromatic rings. The Balaban J connectivity index is 2.61. The number of carbonyl (C=O) groups is 1. The largest absolute Gasteiger partial charge is 0.368 e. The summed E-state index contributed by atoms with van der Waals surface area (Å²) in [6, 6.07) is 10.2. The van der Waals surface area contributed by atoms with Crippen molar-refractivity contribution in [2.45, 2.75) is 38.8 Å². The van der Waals surface area contributed by atoms with E-state index in [1.165, 1.54) is 5.56 Å². The average Bonchev–Trinajstić information content (AvgIpc) is 2.28. The molecule has 3 heteroatoms. The zero-order valence-electron chi connectivity index (χ0n) is 10.1. The van der Waals surface area contributed by atoms with Gasteiger partial charge < -0.3 is 11.1 Å². The van der Waals surface area contributed by atoms with Gasteiger partial charge in [0.25, 0.3) is 0 Å². The number of benzene rings is 1. The number of hydrogen-bond donors (Lipinski definition) is 2. The summed E-state index contributed by atoms with van der Waals surface area (Å²) in [6.07, 6.45) is 0. The minimum Gasteiger partial charge on any atom is -0.368 e. The Morgan fingerprint density at radius 3 is 2.25 bits per heavy atom. The van der Waals surface area contributed by atoms with Crippen LogP contribution in [0.2, 0.25) is 0 Å². The third kappa shape index (κ3) is 3.35. The van der Waals surface area contributed by atoms with Crippen LogP contribution in [-0.2, 0) is 4.79 Å². The summed E-state index contributed by atoms with van der Waals surface area (Å²) in [4.78, 5) is 11.0. The lowest BCUT2D eigenvalue weighted by molar-refractivity contribution is -0.119. The standard InChI is InChI=1S/C13H20N2O/c1-9(12-7-5-4-6-8-12)10(2)15-11(3)13(14)16/h4-11,15H,1-3H3,(H2,14,16)/t9?,10?,11-/m0/s1. The fourth-order valence-electron chi connectivity index (χ4n) is 1.67. The average molecular weight is 220 g/mol. The molecule has 1 aromatic carbocycles. The zero-order chi connectivity index (χ0) is 12.1. The molecule has 0 spiro atoms. The quantitative estimate of drug-likeness (QED) is 0.792. The van der Waals surface area contributed by atoms with Gasteiger partial charge in [0.15, 0.2) is 0 Å². The van der Waals surface area contributed by atoms with E-state index < -0.39 is 0 Å². The molecule has 0 saturated heterocycles. The lowest BCUT2D eigenvalue weighted by Crippen LogP contribution is -2.45. The lowest BCUT2D eigenvalue weighted by atomic mass is 9.94. The number of amides is 1. The molecule has 0 aromatic heterocycles. The topological polar surface area (TPSA) is 55.1 Å². The Morgan fingerprint density at radius 2 is 1.75 bits per heavy atom. The predicted molar refractivity (Wildman–Crippen MR) is 66.1 cm³/mol. The van der Waals surface area contributed by atoms with Crippen LogP contribution >= 0.6 is 0 Å². The Bertz CT molecular complexity index is 337. The number of nitrogens with one attached hydrogen (secondary N) is 1. The maximum atomic E-state index is 11.0. The number of primary amides is 1. The smallest absolute Gasteiger partial charge is 0.234 e. The molecule has 0 radical (unpaired) electrons. The SMILES string of the molecule is CC(N[C@@H](C)C(N)=O)C(C)c1ccccc1. The Morgan fingerprint density at radius 1 is 1.19 bits per heavy atom. The second kappa shape index (κ2) is 5.66. The van der Waals surface area contributed by atoms with Crippen LogP contribution in [-0.4, -0.2) is 18.0 Å². The van der Waals surface area contributed by atoms with E-state index in [0.29, 0.717) is 5.92 Å². The van der Waals surface area contributed by atoms with Crippen molar-refractivity contribution >= 4 is 5.91 Å². The van der Waals surface area contributed by atoms with Crippen molar-refractivity contribution in [2.75, 3.05) is 0 Å². The molecule has 3 N–H and O–H groups in total. The van der Waals surface area contributed by atoms with Crippen molar-refractivity contribution in [1.29, 1.82) is 0 Å². The first-order valence-corrected chi connectivity index (χ1v) is 5.62. The van der Waals surface area contributed by atoms with Gasteiger partial charge in [-0.3, -0.25) is 4.79 Å². The summed E-state index contributed by atoms with van der Waals surface area (Å²) in [5.41, 5.74) is 6.48. The Hall–Kier alpha value is -1.35. The van der Waals surface area contributed by atoms with E-state index in [9.17, 15) is 4.79 Å². The highest BCUT2D eigenvalue weighted by Crippen LogP contribution is 2.18. The normalized spacial score (nSPS) is 16.4. The van der Waals surface area contributed by atoms with Crippen molar-refractivity contribution in [3.8, 4) is 0 Å². The molecule has 16 heavy (non-hydrogen) atoms. The van der Waals surface area contributed by atoms with Crippen LogP contribution in [0.4, 0.5) is 0 Å². The summed E-state index contributed by atoms with van der Waals surface area (Å²) in [5, 5.41) is 3.20. The molecule has 3 atom stereocenters. The van der Waals surface area contributed by atoms with Crippen LogP contribution in [0.1, 0.15) is 32.3 Å². The molecule has 1 amide bonds. The predicted octanol–water partition coefficient (Wildman–Crippen LogP) is 1.64. The van der Waals surface area contributed by atoms with E-state index in [2.05, 4.69) is 31.3 Å². The van der Waals surface area contributed by atoms with E-state index in [0.717, 1.165) is 0 Å². The molecule has 88 valence electrons. The second-order valence-corrected chi connectivity index (χ2v) is 4.28. The number of hydrogen-bond acceptors (Lipinski definition) is 2. The van der Waals surface area contributed by atoms with Gasteiger partial charge in [0.2, 0.25) is 5.91 Å². The van der Waals surface area contributed by atoms with Crippen LogP contribution in [0, 0.1) is 0 Å². The summed E-state index contributed by atoms with van der Waals surface area (Å²) >= 11 is 0. The number of rotatable bonds is 5. The first-order chi connectivity index (χ1) is 7.52. The molecule has 2 unspecified atom stereocenters. The highest BCUT2D eigenvalue weighted by atomic mass is 16.1. The number of nitrogens with two attached hydrogens (primary N) is 1. The van der Waals surface area contributed by atoms with Gasteiger partial charge >= 0.3 is 0 Å². The van der Waals surface area contributed by atoms with Gasteiger partial charge in [-0.15, -0.1) is 0 Å². The number of carbonyl (C=O) groups excluding carboxylic acids is 1. The second-order valence-electron chi connectivity index (χ2n) is 4.28. The van der Waals surface area contributed by atoms with E-state index in [1.54, 1.807) is 6.92 Å². The maximum absolute atomic E-state index is 11.0. The molecule has 0 saturated carbocycles. The van der Waals surface area contributed by atoms with Gasteiger partial charge in [-0.1, -0.05) is 37.3 Å². The molecule has 0 heterocycles. The molecule has 3 nitrogen and oxygen atoms in total. The zero-order valence-corrected chi connectivity index (χ0v) is 10.1. The highest BCUT2D eigenvalue weighted by molar-refractivity contribution is 5.79. The van der Waals surface area contributed by atoms with Crippen molar-refractivity contribution in [2.24, 2.45) is 5.73 Å². The molecule has 1 rings (SSSR count). The first kappa shape index (κ1) is 12.7. The third-order valence-corrected chi connectivity index (χ3v) is 3.02. The van der Waals surface area contributed by atoms with Gasteiger partial charge in [0.1, 0.15) is 0 Å². The monoisotopic (exact) mass is 220 g/mol. The van der Waals surface area contributed by atoms with Gasteiger partial charge in [-0.25, -0.2) is 0 Å². The molecular formula is C13H20N2O. The van der Waals surface area contributed by atoms with Gasteiger partial charge in [0, 0.05) is 6.04 Å². The molecule has 0 fully saturated rings. The summed E-state index contributed by atoms with van der Waals surface area (Å²) in [5.74, 6) is 0.0371. The van der Waals surface area contributed by atoms with Crippen molar-refractivity contribution in [3.63, 3.8) is 0 Å². The minimum atomic E-state index is -0.313. The van der Waals surface area contributed by atoms with E-state index in [4.69, 9.17) is 5.73 Å². The molecule has 0 bridgehead atoms. The summed E-state index contributed by atoms with van der Waals surface area (Å²) in [7, 11) is 0. The third-order valence-electron chi connectivity index (χ3n) is 3.02. The van der Waals surface area contributed by atoms with Crippen molar-refractivity contribution in [1.82, 2.24) is 5.32 Å². The highest BCUT2D eigenvalue weighted by Gasteiger charge is 2.18. The minimum absolute atomic E-state index is 0.213. The van der Waals surface area contributed by atoms with Crippen LogP contribution in [0.25, 0.3) is 0 Å². The Kier molecular flexibility index (Phi) is 4.50. The van der Waals surface area contributed by atoms with Crippen LogP contribution in [0.5, 0.6) is 0 Å². The molecule has 0 aliphatic carbocycles. The maximum Gasteiger partial charge on any atom is 0.234 e. The summed E-state index contributed by atoms with van der Waals surface area (Å²) < 4.78 is 0. The molecular weight excluding hydrogens is 200 g/mol. The van der Waals surface area contributed by atoms with Gasteiger partial charge in [0.05, 0.1) is 6.04 Å². The van der Waals surface area contributed by atoms with Crippen molar-refractivity contribution in [3.05, 3.63) is 35.9 Å². The molecule has 0 aliphatic rings. The fraction of sp³-hybridized carbons (Fsp3) is 0.462. The van der Waals surface area contributed by atoms with E-state index >= 15 is 0 Å². The van der Waals surface area contributed by atoms with Crippen LogP contribution in [0.3, 0.4) is 0 Å². The van der Waals surface area contributed by atoms with Crippen LogP contribution in [0.15, 0.2) is 30.3 Å². The van der Waals surface area contributed by atoms with E-state index in [1.807, 2.05) is 18.2 Å². The molecule has 0 aliphatic heterocycles. The lowest BCUT2D eigenvalue weighted by Gasteiger charge is -2.24. The van der Waals surface area contributed by atoms with Gasteiger partial charge in [-0.2, -0.15) is 0 Å².